The fourth-order valence-electron chi connectivity index (χ4n) is 3.25. The second-order valence-electron chi connectivity index (χ2n) is 6.11. The maximum absolute atomic E-state index is 12.5. The van der Waals surface area contributed by atoms with E-state index < -0.39 is 17.3 Å². The van der Waals surface area contributed by atoms with E-state index >= 15 is 0 Å². The molecule has 1 saturated carbocycles. The normalized spacial score (nSPS) is 17.5. The molecular weight excluding hydrogens is 332 g/mol. The molecule has 1 atom stereocenters. The largest absolute Gasteiger partial charge is 0.478 e. The van der Waals surface area contributed by atoms with Crippen LogP contribution in [0, 0.1) is 5.92 Å². The Hall–Kier alpha value is -3.41. The van der Waals surface area contributed by atoms with Crippen LogP contribution in [0.25, 0.3) is 0 Å². The predicted octanol–water partition coefficient (Wildman–Crippen LogP) is 1.78. The number of hydrogen-bond donors (Lipinski definition) is 3. The quantitative estimate of drug-likeness (QED) is 0.566. The summed E-state index contributed by atoms with van der Waals surface area (Å²) in [6.07, 6.45) is 2.18. The van der Waals surface area contributed by atoms with E-state index in [2.05, 4.69) is 10.9 Å². The third kappa shape index (κ3) is 3.49. The number of carbonyl (C=O) groups excluding carboxylic acids is 2. The Kier molecular flexibility index (Phi) is 4.84. The van der Waals surface area contributed by atoms with Crippen LogP contribution < -0.4 is 10.9 Å². The third-order valence-corrected chi connectivity index (χ3v) is 4.54. The molecule has 0 saturated heterocycles. The molecule has 6 heteroatoms. The molecule has 0 radical (unpaired) electrons. The molecule has 1 aliphatic carbocycles. The van der Waals surface area contributed by atoms with Gasteiger partial charge in [0.25, 0.3) is 5.91 Å². The van der Waals surface area contributed by atoms with Gasteiger partial charge in [0.15, 0.2) is 0 Å². The summed E-state index contributed by atoms with van der Waals surface area (Å²) in [7, 11) is 0. The van der Waals surface area contributed by atoms with Gasteiger partial charge in [0, 0.05) is 17.6 Å². The number of amides is 2. The maximum atomic E-state index is 12.5. The van der Waals surface area contributed by atoms with Gasteiger partial charge >= 0.3 is 5.97 Å². The minimum atomic E-state index is -1.24. The predicted molar refractivity (Wildman–Crippen MR) is 94.8 cm³/mol. The smallest absolute Gasteiger partial charge is 0.328 e. The average Bonchev–Trinajstić information content (AvgIpc) is 3.43. The van der Waals surface area contributed by atoms with E-state index in [0.717, 1.165) is 17.2 Å². The van der Waals surface area contributed by atoms with Gasteiger partial charge in [0.05, 0.1) is 5.92 Å². The van der Waals surface area contributed by atoms with Crippen molar-refractivity contribution in [3.63, 3.8) is 0 Å². The van der Waals surface area contributed by atoms with Crippen molar-refractivity contribution in [2.45, 2.75) is 11.8 Å². The molecule has 0 heterocycles. The van der Waals surface area contributed by atoms with Crippen LogP contribution in [0.1, 0.15) is 17.5 Å². The van der Waals surface area contributed by atoms with Crippen molar-refractivity contribution in [1.29, 1.82) is 0 Å². The van der Waals surface area contributed by atoms with Crippen molar-refractivity contribution in [2.75, 3.05) is 0 Å². The zero-order chi connectivity index (χ0) is 18.6. The summed E-state index contributed by atoms with van der Waals surface area (Å²) < 4.78 is 0. The lowest BCUT2D eigenvalue weighted by molar-refractivity contribution is -0.131. The molecule has 2 aromatic rings. The summed E-state index contributed by atoms with van der Waals surface area (Å²) >= 11 is 0. The van der Waals surface area contributed by atoms with Crippen LogP contribution in [-0.2, 0) is 19.8 Å². The van der Waals surface area contributed by atoms with E-state index in [-0.39, 0.29) is 11.8 Å². The Morgan fingerprint density at radius 1 is 0.885 bits per heavy atom. The Labute approximate surface area is 150 Å². The molecule has 0 spiro atoms. The van der Waals surface area contributed by atoms with Gasteiger partial charge in [0.1, 0.15) is 0 Å². The van der Waals surface area contributed by atoms with Crippen LogP contribution in [0.2, 0.25) is 0 Å². The van der Waals surface area contributed by atoms with Crippen LogP contribution in [-0.4, -0.2) is 22.9 Å². The topological polar surface area (TPSA) is 95.5 Å². The monoisotopic (exact) mass is 350 g/mol. The van der Waals surface area contributed by atoms with Crippen LogP contribution in [0.15, 0.2) is 72.8 Å². The first-order valence-electron chi connectivity index (χ1n) is 8.16. The second kappa shape index (κ2) is 7.23. The number of carboxylic acid groups (broad SMARTS) is 1. The number of hydrogen-bond acceptors (Lipinski definition) is 3. The lowest BCUT2D eigenvalue weighted by atomic mass is 9.85. The summed E-state index contributed by atoms with van der Waals surface area (Å²) in [6, 6.07) is 19.6. The molecule has 1 unspecified atom stereocenters. The maximum Gasteiger partial charge on any atom is 0.328 e. The molecule has 1 aliphatic rings. The van der Waals surface area contributed by atoms with Gasteiger partial charge in [-0.15, -0.1) is 0 Å². The zero-order valence-corrected chi connectivity index (χ0v) is 13.9. The van der Waals surface area contributed by atoms with E-state index in [1.165, 1.54) is 0 Å². The van der Waals surface area contributed by atoms with Gasteiger partial charge in [-0.25, -0.2) is 4.79 Å². The number of carboxylic acids is 1. The van der Waals surface area contributed by atoms with Gasteiger partial charge in [-0.1, -0.05) is 60.7 Å². The Balaban J connectivity index is 1.75. The Morgan fingerprint density at radius 3 is 1.92 bits per heavy atom. The van der Waals surface area contributed by atoms with Crippen molar-refractivity contribution >= 4 is 17.8 Å². The number of benzene rings is 2. The molecule has 2 aromatic carbocycles. The van der Waals surface area contributed by atoms with Crippen molar-refractivity contribution < 1.29 is 19.5 Å². The number of nitrogens with one attached hydrogen (secondary N) is 2. The highest BCUT2D eigenvalue weighted by Crippen LogP contribution is 2.58. The third-order valence-electron chi connectivity index (χ3n) is 4.54. The Morgan fingerprint density at radius 2 is 1.42 bits per heavy atom. The van der Waals surface area contributed by atoms with Crippen LogP contribution in [0.3, 0.4) is 0 Å². The standard InChI is InChI=1S/C20H18N2O4/c23-17(11-12-18(24)25)21-22-19(26)16-13-20(16,14-7-3-1-4-8-14)15-9-5-2-6-10-15/h1-12,16H,13H2,(H,21,23)(H,22,26)(H,24,25). The van der Waals surface area contributed by atoms with Crippen molar-refractivity contribution in [1.82, 2.24) is 10.9 Å². The van der Waals surface area contributed by atoms with Crippen LogP contribution >= 0.6 is 0 Å². The van der Waals surface area contributed by atoms with E-state index in [0.29, 0.717) is 12.5 Å². The highest BCUT2D eigenvalue weighted by atomic mass is 16.4. The van der Waals surface area contributed by atoms with E-state index in [4.69, 9.17) is 5.11 Å². The summed E-state index contributed by atoms with van der Waals surface area (Å²) in [6.45, 7) is 0. The molecule has 26 heavy (non-hydrogen) atoms. The van der Waals surface area contributed by atoms with Gasteiger partial charge in [0.2, 0.25) is 5.91 Å². The van der Waals surface area contributed by atoms with E-state index in [1.807, 2.05) is 60.7 Å². The van der Waals surface area contributed by atoms with E-state index in [1.54, 1.807) is 0 Å². The molecule has 132 valence electrons. The second-order valence-corrected chi connectivity index (χ2v) is 6.11. The number of hydrazine groups is 1. The molecular formula is C20H18N2O4. The number of aliphatic carboxylic acids is 1. The van der Waals surface area contributed by atoms with Crippen molar-refractivity contribution in [3.8, 4) is 0 Å². The minimum absolute atomic E-state index is 0.310. The lowest BCUT2D eigenvalue weighted by Crippen LogP contribution is -2.42. The molecule has 0 aromatic heterocycles. The zero-order valence-electron chi connectivity index (χ0n) is 13.9. The summed E-state index contributed by atoms with van der Waals surface area (Å²) in [5.41, 5.74) is 6.26. The fraction of sp³-hybridized carbons (Fsp3) is 0.150. The first-order valence-corrected chi connectivity index (χ1v) is 8.16. The number of rotatable bonds is 5. The molecule has 6 nitrogen and oxygen atoms in total. The van der Waals surface area contributed by atoms with Crippen LogP contribution in [0.4, 0.5) is 0 Å². The van der Waals surface area contributed by atoms with Crippen molar-refractivity contribution in [2.24, 2.45) is 5.92 Å². The van der Waals surface area contributed by atoms with Crippen molar-refractivity contribution in [3.05, 3.63) is 83.9 Å². The molecule has 3 N–H and O–H groups in total. The van der Waals surface area contributed by atoms with Crippen LogP contribution in [0.5, 0.6) is 0 Å². The summed E-state index contributed by atoms with van der Waals surface area (Å²) in [5, 5.41) is 8.50. The minimum Gasteiger partial charge on any atom is -0.478 e. The molecule has 2 amide bonds. The highest BCUT2D eigenvalue weighted by Gasteiger charge is 2.60. The first-order chi connectivity index (χ1) is 12.5. The molecule has 3 rings (SSSR count). The molecule has 1 fully saturated rings. The Bertz CT molecular complexity index is 807. The molecule has 0 bridgehead atoms. The van der Waals surface area contributed by atoms with E-state index in [9.17, 15) is 14.4 Å². The highest BCUT2D eigenvalue weighted by molar-refractivity contribution is 5.95. The first kappa shape index (κ1) is 17.4. The van der Waals surface area contributed by atoms with Gasteiger partial charge in [-0.05, 0) is 17.5 Å². The van der Waals surface area contributed by atoms with Gasteiger partial charge < -0.3 is 5.11 Å². The summed E-state index contributed by atoms with van der Waals surface area (Å²) in [5.74, 6) is -2.57. The summed E-state index contributed by atoms with van der Waals surface area (Å²) in [4.78, 5) is 34.5. The average molecular weight is 350 g/mol. The number of carbonyl (C=O) groups is 3. The lowest BCUT2D eigenvalue weighted by Gasteiger charge is -2.19. The van der Waals surface area contributed by atoms with Gasteiger partial charge in [-0.3, -0.25) is 20.4 Å². The van der Waals surface area contributed by atoms with Gasteiger partial charge in [-0.2, -0.15) is 0 Å². The SMILES string of the molecule is O=C(O)C=CC(=O)NNC(=O)C1CC1(c1ccccc1)c1ccccc1. The molecule has 0 aliphatic heterocycles. The fourth-order valence-corrected chi connectivity index (χ4v) is 3.25.